The molecule has 0 spiro atoms. The van der Waals surface area contributed by atoms with Gasteiger partial charge in [-0.1, -0.05) is 5.92 Å². The fourth-order valence-corrected chi connectivity index (χ4v) is 4.95. The lowest BCUT2D eigenvalue weighted by Crippen LogP contribution is -2.35. The topological polar surface area (TPSA) is 43.1 Å². The van der Waals surface area contributed by atoms with Crippen LogP contribution in [0.3, 0.4) is 0 Å². The van der Waals surface area contributed by atoms with Crippen LogP contribution in [-0.4, -0.2) is 32.6 Å². The van der Waals surface area contributed by atoms with Crippen LogP contribution in [0.5, 0.6) is 0 Å². The Balaban J connectivity index is 0.000000605. The maximum absolute atomic E-state index is 13.1. The monoisotopic (exact) mass is 485 g/mol. The Morgan fingerprint density at radius 3 is 1.65 bits per heavy atom. The first kappa shape index (κ1) is 30.2. The average Bonchev–Trinajstić information content (AvgIpc) is 2.65. The fourth-order valence-electron chi connectivity index (χ4n) is 3.76. The molecule has 2 nitrogen and oxygen atoms in total. The number of hydrogen-bond donors (Lipinski definition) is 1. The standard InChI is InChI=1S/C14H22F2OS.C9H13F2N.ClH/c1-5-11(10-18(17)13(2,3)4)12-6-8-14(15,16)9-7-12;1-2-8(12)7-3-5-9(10,11)6-4-7;/h1,11-12H,6-10H2,2-4H3;1,7-8H,3-6,12H2;1H/t11-,18+;8-;/m01./s1. The molecule has 0 aliphatic heterocycles. The second-order valence-electron chi connectivity index (χ2n) is 9.48. The SMILES string of the molecule is C#C[C@@H](C[S@@](=O)C(C)(C)C)C1CCC(F)(F)CC1.C#C[C@@H](N)C1CCC(F)(F)CC1.Cl. The quantitative estimate of drug-likeness (QED) is 0.403. The van der Waals surface area contributed by atoms with Crippen LogP contribution in [0.1, 0.15) is 72.1 Å². The summed E-state index contributed by atoms with van der Waals surface area (Å²) in [4.78, 5) is 0. The third-order valence-corrected chi connectivity index (χ3v) is 8.05. The second kappa shape index (κ2) is 12.5. The first-order valence-corrected chi connectivity index (χ1v) is 11.8. The predicted octanol–water partition coefficient (Wildman–Crippen LogP) is 5.80. The summed E-state index contributed by atoms with van der Waals surface area (Å²) in [5.41, 5.74) is 5.56. The molecular formula is C23H36ClF4NOS. The average molecular weight is 486 g/mol. The van der Waals surface area contributed by atoms with Gasteiger partial charge in [-0.2, -0.15) is 0 Å². The van der Waals surface area contributed by atoms with E-state index in [0.29, 0.717) is 31.4 Å². The summed E-state index contributed by atoms with van der Waals surface area (Å²) in [6, 6.07) is -0.346. The van der Waals surface area contributed by atoms with Crippen LogP contribution in [-0.2, 0) is 10.8 Å². The molecule has 2 aliphatic rings. The van der Waals surface area contributed by atoms with Crippen molar-refractivity contribution in [3.63, 3.8) is 0 Å². The van der Waals surface area contributed by atoms with E-state index >= 15 is 0 Å². The molecule has 2 N–H and O–H groups in total. The Hall–Kier alpha value is -0.760. The molecule has 0 saturated heterocycles. The molecule has 2 fully saturated rings. The van der Waals surface area contributed by atoms with Gasteiger partial charge in [0.2, 0.25) is 11.8 Å². The summed E-state index contributed by atoms with van der Waals surface area (Å²) in [5.74, 6) is 0.528. The molecule has 0 heterocycles. The van der Waals surface area contributed by atoms with Gasteiger partial charge in [0, 0.05) is 52.9 Å². The fraction of sp³-hybridized carbons (Fsp3) is 0.826. The van der Waals surface area contributed by atoms with Crippen LogP contribution in [0.4, 0.5) is 17.6 Å². The van der Waals surface area contributed by atoms with Gasteiger partial charge in [-0.15, -0.1) is 31.2 Å². The molecule has 0 aromatic heterocycles. The van der Waals surface area contributed by atoms with E-state index in [-0.39, 0.29) is 66.6 Å². The van der Waals surface area contributed by atoms with Crippen molar-refractivity contribution in [2.75, 3.05) is 5.75 Å². The molecule has 0 amide bonds. The van der Waals surface area contributed by atoms with Crippen molar-refractivity contribution >= 4 is 23.2 Å². The normalized spacial score (nSPS) is 24.2. The zero-order chi connectivity index (χ0) is 23.2. The Morgan fingerprint density at radius 1 is 0.935 bits per heavy atom. The van der Waals surface area contributed by atoms with Crippen molar-refractivity contribution in [1.82, 2.24) is 0 Å². The molecule has 2 rings (SSSR count). The minimum Gasteiger partial charge on any atom is -0.317 e. The lowest BCUT2D eigenvalue weighted by molar-refractivity contribution is -0.0488. The summed E-state index contributed by atoms with van der Waals surface area (Å²) >= 11 is 0. The molecule has 0 unspecified atom stereocenters. The first-order chi connectivity index (χ1) is 13.7. The van der Waals surface area contributed by atoms with Gasteiger partial charge in [0.25, 0.3) is 0 Å². The Morgan fingerprint density at radius 2 is 1.32 bits per heavy atom. The third kappa shape index (κ3) is 10.6. The number of halogens is 5. The van der Waals surface area contributed by atoms with E-state index in [1.54, 1.807) is 0 Å². The summed E-state index contributed by atoms with van der Waals surface area (Å²) in [6.45, 7) is 5.73. The van der Waals surface area contributed by atoms with Gasteiger partial charge >= 0.3 is 0 Å². The maximum Gasteiger partial charge on any atom is 0.248 e. The predicted molar refractivity (Wildman–Crippen MR) is 123 cm³/mol. The number of hydrogen-bond acceptors (Lipinski definition) is 2. The second-order valence-corrected chi connectivity index (χ2v) is 11.7. The molecule has 180 valence electrons. The van der Waals surface area contributed by atoms with Crippen molar-refractivity contribution in [3.05, 3.63) is 0 Å². The number of alkyl halides is 4. The lowest BCUT2D eigenvalue weighted by atomic mass is 9.79. The largest absolute Gasteiger partial charge is 0.317 e. The highest BCUT2D eigenvalue weighted by Gasteiger charge is 2.38. The van der Waals surface area contributed by atoms with E-state index in [1.807, 2.05) is 20.8 Å². The smallest absolute Gasteiger partial charge is 0.248 e. The highest BCUT2D eigenvalue weighted by Crippen LogP contribution is 2.39. The summed E-state index contributed by atoms with van der Waals surface area (Å²) in [7, 11) is -1.02. The van der Waals surface area contributed by atoms with Crippen molar-refractivity contribution < 1.29 is 21.8 Å². The van der Waals surface area contributed by atoms with Crippen LogP contribution < -0.4 is 5.73 Å². The minimum atomic E-state index is -2.53. The van der Waals surface area contributed by atoms with Gasteiger partial charge in [-0.25, -0.2) is 17.6 Å². The Bertz CT molecular complexity index is 646. The van der Waals surface area contributed by atoms with E-state index in [2.05, 4.69) is 11.8 Å². The number of terminal acetylenes is 2. The van der Waals surface area contributed by atoms with Gasteiger partial charge in [0.15, 0.2) is 0 Å². The van der Waals surface area contributed by atoms with E-state index in [4.69, 9.17) is 18.6 Å². The molecule has 31 heavy (non-hydrogen) atoms. The molecule has 3 atom stereocenters. The summed E-state index contributed by atoms with van der Waals surface area (Å²) in [5, 5.41) is 0. The van der Waals surface area contributed by atoms with Crippen LogP contribution in [0.2, 0.25) is 0 Å². The molecule has 2 aliphatic carbocycles. The molecular weight excluding hydrogens is 450 g/mol. The number of rotatable bonds is 4. The van der Waals surface area contributed by atoms with Gasteiger partial charge in [-0.3, -0.25) is 4.21 Å². The van der Waals surface area contributed by atoms with Crippen molar-refractivity contribution in [1.29, 1.82) is 0 Å². The Labute approximate surface area is 193 Å². The highest BCUT2D eigenvalue weighted by molar-refractivity contribution is 7.86. The summed E-state index contributed by atoms with van der Waals surface area (Å²) < 4.78 is 63.2. The van der Waals surface area contributed by atoms with Crippen molar-refractivity contribution in [2.45, 2.75) is 94.8 Å². The van der Waals surface area contributed by atoms with Crippen LogP contribution in [0, 0.1) is 42.4 Å². The van der Waals surface area contributed by atoms with E-state index in [9.17, 15) is 21.8 Å². The summed E-state index contributed by atoms with van der Waals surface area (Å²) in [6.07, 6.45) is 12.1. The van der Waals surface area contributed by atoms with Crippen molar-refractivity contribution in [2.24, 2.45) is 23.5 Å². The van der Waals surface area contributed by atoms with E-state index in [1.165, 1.54) is 0 Å². The Kier molecular flexibility index (Phi) is 12.2. The third-order valence-electron chi connectivity index (χ3n) is 6.02. The van der Waals surface area contributed by atoms with Gasteiger partial charge in [-0.05, 0) is 58.3 Å². The van der Waals surface area contributed by atoms with Crippen LogP contribution >= 0.6 is 12.4 Å². The van der Waals surface area contributed by atoms with Gasteiger partial charge < -0.3 is 5.73 Å². The minimum absolute atomic E-state index is 0. The maximum atomic E-state index is 13.1. The van der Waals surface area contributed by atoms with Gasteiger partial charge in [0.1, 0.15) is 0 Å². The first-order valence-electron chi connectivity index (χ1n) is 10.5. The van der Waals surface area contributed by atoms with E-state index < -0.39 is 22.6 Å². The molecule has 2 saturated carbocycles. The van der Waals surface area contributed by atoms with Crippen LogP contribution in [0.25, 0.3) is 0 Å². The van der Waals surface area contributed by atoms with Crippen LogP contribution in [0.15, 0.2) is 0 Å². The molecule has 0 bridgehead atoms. The van der Waals surface area contributed by atoms with Crippen molar-refractivity contribution in [3.8, 4) is 24.7 Å². The lowest BCUT2D eigenvalue weighted by Gasteiger charge is -2.32. The van der Waals surface area contributed by atoms with Gasteiger partial charge in [0.05, 0.1) is 6.04 Å². The highest BCUT2D eigenvalue weighted by atomic mass is 35.5. The molecule has 8 heteroatoms. The molecule has 0 aromatic rings. The zero-order valence-electron chi connectivity index (χ0n) is 18.6. The zero-order valence-corrected chi connectivity index (χ0v) is 20.3. The van der Waals surface area contributed by atoms with E-state index in [0.717, 1.165) is 0 Å². The molecule has 0 aromatic carbocycles. The number of nitrogens with two attached hydrogens (primary N) is 1. The molecule has 0 radical (unpaired) electrons.